The van der Waals surface area contributed by atoms with Gasteiger partial charge in [0.05, 0.1) is 6.07 Å². The van der Waals surface area contributed by atoms with E-state index in [-0.39, 0.29) is 12.0 Å². The molecule has 2 aromatic carbocycles. The molecule has 0 bridgehead atoms. The molecule has 1 N–H and O–H groups in total. The molecule has 0 radical (unpaired) electrons. The maximum Gasteiger partial charge on any atom is 0.103 e. The summed E-state index contributed by atoms with van der Waals surface area (Å²) in [6.07, 6.45) is 0. The molecule has 3 atom stereocenters. The molecular weight excluding hydrogens is 315 g/mol. The number of hydrogen-bond donors (Lipinski definition) is 1. The molecule has 1 fully saturated rings. The number of nitrogens with one attached hydrogen (secondary N) is 1. The monoisotopic (exact) mass is 330 g/mol. The van der Waals surface area contributed by atoms with Crippen molar-refractivity contribution in [3.05, 3.63) is 69.7 Å². The molecule has 112 valence electrons. The zero-order valence-electron chi connectivity index (χ0n) is 12.2. The highest BCUT2D eigenvalue weighted by Crippen LogP contribution is 2.45. The first-order valence-electron chi connectivity index (χ1n) is 7.23. The normalized spacial score (nSPS) is 27.5. The maximum atomic E-state index is 10.0. The molecule has 0 spiro atoms. The van der Waals surface area contributed by atoms with Gasteiger partial charge in [-0.1, -0.05) is 47.5 Å². The first-order chi connectivity index (χ1) is 10.6. The lowest BCUT2D eigenvalue weighted by molar-refractivity contribution is 0.497. The molecule has 1 aliphatic heterocycles. The van der Waals surface area contributed by atoms with Gasteiger partial charge in [-0.15, -0.1) is 0 Å². The first kappa shape index (κ1) is 15.4. The molecule has 3 rings (SSSR count). The van der Waals surface area contributed by atoms with Crippen molar-refractivity contribution in [2.75, 3.05) is 6.54 Å². The van der Waals surface area contributed by atoms with Gasteiger partial charge in [-0.25, -0.2) is 0 Å². The quantitative estimate of drug-likeness (QED) is 0.877. The summed E-state index contributed by atoms with van der Waals surface area (Å²) in [7, 11) is 0. The molecule has 0 saturated carbocycles. The van der Waals surface area contributed by atoms with E-state index in [1.807, 2.05) is 48.5 Å². The van der Waals surface area contributed by atoms with Crippen molar-refractivity contribution in [2.45, 2.75) is 24.3 Å². The lowest BCUT2D eigenvalue weighted by atomic mass is 9.69. The summed E-state index contributed by atoms with van der Waals surface area (Å²) in [5, 5.41) is 14.8. The van der Waals surface area contributed by atoms with Crippen LogP contribution in [0.5, 0.6) is 0 Å². The van der Waals surface area contributed by atoms with E-state index >= 15 is 0 Å². The first-order valence-corrected chi connectivity index (χ1v) is 7.98. The summed E-state index contributed by atoms with van der Waals surface area (Å²) in [6, 6.07) is 18.1. The average molecular weight is 331 g/mol. The smallest absolute Gasteiger partial charge is 0.103 e. The Balaban J connectivity index is 2.13. The maximum absolute atomic E-state index is 10.0. The molecule has 2 nitrogen and oxygen atoms in total. The minimum atomic E-state index is -0.616. The number of nitrogens with zero attached hydrogens (tertiary/aromatic N) is 1. The van der Waals surface area contributed by atoms with E-state index in [1.54, 1.807) is 0 Å². The van der Waals surface area contributed by atoms with Crippen LogP contribution in [0.4, 0.5) is 0 Å². The van der Waals surface area contributed by atoms with Crippen molar-refractivity contribution in [1.82, 2.24) is 5.32 Å². The summed E-state index contributed by atoms with van der Waals surface area (Å²) in [5.41, 5.74) is 1.46. The Hall–Kier alpha value is -1.53. The number of rotatable bonds is 2. The third kappa shape index (κ3) is 2.50. The van der Waals surface area contributed by atoms with Crippen molar-refractivity contribution in [1.29, 1.82) is 5.26 Å². The second-order valence-electron chi connectivity index (χ2n) is 5.79. The minimum absolute atomic E-state index is 0.0392. The zero-order chi connectivity index (χ0) is 15.7. The Bertz CT molecular complexity index is 721. The van der Waals surface area contributed by atoms with Crippen molar-refractivity contribution in [3.8, 4) is 6.07 Å². The lowest BCUT2D eigenvalue weighted by Gasteiger charge is -2.30. The van der Waals surface area contributed by atoms with Gasteiger partial charge in [-0.05, 0) is 42.3 Å². The summed E-state index contributed by atoms with van der Waals surface area (Å²) < 4.78 is 0. The molecule has 2 unspecified atom stereocenters. The van der Waals surface area contributed by atoms with Crippen LogP contribution >= 0.6 is 23.2 Å². The van der Waals surface area contributed by atoms with Crippen LogP contribution in [0.25, 0.3) is 0 Å². The van der Waals surface area contributed by atoms with E-state index in [0.29, 0.717) is 16.6 Å². The van der Waals surface area contributed by atoms with E-state index in [2.05, 4.69) is 18.3 Å². The fourth-order valence-corrected chi connectivity index (χ4v) is 3.78. The van der Waals surface area contributed by atoms with Gasteiger partial charge < -0.3 is 5.32 Å². The number of hydrogen-bond acceptors (Lipinski definition) is 2. The molecule has 0 amide bonds. The molecule has 1 aliphatic rings. The SMILES string of the molecule is CC1NCC(C#N)(c2ccc(Cl)cc2)[C@@H]1c1cccc(Cl)c1. The summed E-state index contributed by atoms with van der Waals surface area (Å²) in [6.45, 7) is 2.73. The summed E-state index contributed by atoms with van der Waals surface area (Å²) >= 11 is 12.1. The van der Waals surface area contributed by atoms with Crippen LogP contribution in [0.15, 0.2) is 48.5 Å². The number of benzene rings is 2. The summed E-state index contributed by atoms with van der Waals surface area (Å²) in [4.78, 5) is 0. The highest BCUT2D eigenvalue weighted by Gasteiger charge is 2.49. The van der Waals surface area contributed by atoms with Crippen LogP contribution in [0.1, 0.15) is 24.0 Å². The van der Waals surface area contributed by atoms with Gasteiger partial charge in [0.25, 0.3) is 0 Å². The Morgan fingerprint density at radius 3 is 2.50 bits per heavy atom. The summed E-state index contributed by atoms with van der Waals surface area (Å²) in [5.74, 6) is 0.0392. The highest BCUT2D eigenvalue weighted by atomic mass is 35.5. The Kier molecular flexibility index (Phi) is 4.14. The van der Waals surface area contributed by atoms with Crippen molar-refractivity contribution in [3.63, 3.8) is 0 Å². The van der Waals surface area contributed by atoms with Gasteiger partial charge in [-0.2, -0.15) is 5.26 Å². The van der Waals surface area contributed by atoms with Crippen LogP contribution in [0, 0.1) is 11.3 Å². The van der Waals surface area contributed by atoms with Crippen LogP contribution in [-0.4, -0.2) is 12.6 Å². The van der Waals surface area contributed by atoms with E-state index in [9.17, 15) is 5.26 Å². The molecule has 0 aliphatic carbocycles. The largest absolute Gasteiger partial charge is 0.312 e. The molecular formula is C18H16Cl2N2. The Morgan fingerprint density at radius 2 is 1.86 bits per heavy atom. The van der Waals surface area contributed by atoms with Crippen LogP contribution < -0.4 is 5.32 Å². The van der Waals surface area contributed by atoms with Crippen LogP contribution in [0.2, 0.25) is 10.0 Å². The molecule has 2 aromatic rings. The fraction of sp³-hybridized carbons (Fsp3) is 0.278. The van der Waals surface area contributed by atoms with Gasteiger partial charge in [0.1, 0.15) is 5.41 Å². The third-order valence-electron chi connectivity index (χ3n) is 4.50. The predicted molar refractivity (Wildman–Crippen MR) is 90.4 cm³/mol. The fourth-order valence-electron chi connectivity index (χ4n) is 3.45. The Labute approximate surface area is 140 Å². The molecule has 4 heteroatoms. The topological polar surface area (TPSA) is 35.8 Å². The second-order valence-corrected chi connectivity index (χ2v) is 6.67. The number of nitriles is 1. The molecule has 0 aromatic heterocycles. The molecule has 1 heterocycles. The van der Waals surface area contributed by atoms with E-state index < -0.39 is 5.41 Å². The van der Waals surface area contributed by atoms with Gasteiger partial charge in [0.2, 0.25) is 0 Å². The van der Waals surface area contributed by atoms with Crippen molar-refractivity contribution < 1.29 is 0 Å². The minimum Gasteiger partial charge on any atom is -0.312 e. The van der Waals surface area contributed by atoms with Crippen molar-refractivity contribution in [2.24, 2.45) is 0 Å². The average Bonchev–Trinajstić information content (AvgIpc) is 2.86. The Morgan fingerprint density at radius 1 is 1.14 bits per heavy atom. The predicted octanol–water partition coefficient (Wildman–Crippen LogP) is 4.53. The van der Waals surface area contributed by atoms with Gasteiger partial charge >= 0.3 is 0 Å². The van der Waals surface area contributed by atoms with E-state index in [4.69, 9.17) is 23.2 Å². The highest BCUT2D eigenvalue weighted by molar-refractivity contribution is 6.30. The van der Waals surface area contributed by atoms with Gasteiger partial charge in [-0.3, -0.25) is 0 Å². The van der Waals surface area contributed by atoms with Crippen LogP contribution in [-0.2, 0) is 5.41 Å². The zero-order valence-corrected chi connectivity index (χ0v) is 13.7. The van der Waals surface area contributed by atoms with Gasteiger partial charge in [0.15, 0.2) is 0 Å². The van der Waals surface area contributed by atoms with E-state index in [0.717, 1.165) is 11.1 Å². The molecule has 22 heavy (non-hydrogen) atoms. The molecule has 1 saturated heterocycles. The van der Waals surface area contributed by atoms with Crippen LogP contribution in [0.3, 0.4) is 0 Å². The standard InChI is InChI=1S/C18H16Cl2N2/c1-12-17(13-3-2-4-16(20)9-13)18(10-21,11-22-12)14-5-7-15(19)8-6-14/h2-9,12,17,22H,11H2,1H3/t12?,17-,18?/m0/s1. The van der Waals surface area contributed by atoms with E-state index in [1.165, 1.54) is 0 Å². The van der Waals surface area contributed by atoms with Gasteiger partial charge in [0, 0.05) is 28.5 Å². The second kappa shape index (κ2) is 5.93. The number of halogens is 2. The lowest BCUT2D eigenvalue weighted by Crippen LogP contribution is -2.33. The third-order valence-corrected chi connectivity index (χ3v) is 4.99. The van der Waals surface area contributed by atoms with Crippen molar-refractivity contribution >= 4 is 23.2 Å².